The number of hydrogen-bond donors (Lipinski definition) is 0. The number of hydrogen-bond acceptors (Lipinski definition) is 5. The van der Waals surface area contributed by atoms with Gasteiger partial charge in [-0.2, -0.15) is 4.37 Å². The Bertz CT molecular complexity index is 1250. The molecule has 1 aliphatic carbocycles. The number of fused-ring (bicyclic) bond motifs is 4. The van der Waals surface area contributed by atoms with Crippen LogP contribution >= 0.6 is 23.1 Å². The fraction of sp³-hybridized carbons (Fsp3) is 0.375. The molecule has 0 unspecified atom stereocenters. The number of nitrogens with zero attached hydrogens (tertiary/aromatic N) is 5. The molecule has 0 N–H and O–H groups in total. The van der Waals surface area contributed by atoms with Gasteiger partial charge in [0, 0.05) is 28.8 Å². The van der Waals surface area contributed by atoms with E-state index < -0.39 is 0 Å². The van der Waals surface area contributed by atoms with Gasteiger partial charge in [-0.3, -0.25) is 9.47 Å². The highest BCUT2D eigenvalue weighted by molar-refractivity contribution is 7.13. The second kappa shape index (κ2) is 7.69. The third kappa shape index (κ3) is 3.37. The van der Waals surface area contributed by atoms with Gasteiger partial charge >= 0.3 is 0 Å². The summed E-state index contributed by atoms with van der Waals surface area (Å²) in [6.07, 6.45) is 4.53. The minimum atomic E-state index is 0.425. The summed E-state index contributed by atoms with van der Waals surface area (Å²) in [5, 5.41) is 11.4. The predicted octanol–water partition coefficient (Wildman–Crippen LogP) is 5.92. The van der Waals surface area contributed by atoms with Gasteiger partial charge in [0.25, 0.3) is 0 Å². The van der Waals surface area contributed by atoms with Crippen LogP contribution in [0.4, 0.5) is 0 Å². The van der Waals surface area contributed by atoms with Crippen LogP contribution in [0.25, 0.3) is 15.8 Å². The smallest absolute Gasteiger partial charge is 0.151 e. The van der Waals surface area contributed by atoms with Gasteiger partial charge in [-0.15, -0.1) is 10.2 Å². The molecule has 4 aromatic rings. The maximum absolute atomic E-state index is 6.31. The Labute approximate surface area is 190 Å². The Morgan fingerprint density at radius 2 is 1.77 bits per heavy atom. The summed E-state index contributed by atoms with van der Waals surface area (Å²) in [6, 6.07) is 14.8. The van der Waals surface area contributed by atoms with Crippen LogP contribution < -0.4 is 0 Å². The van der Waals surface area contributed by atoms with Crippen LogP contribution in [0.2, 0.25) is 5.02 Å². The summed E-state index contributed by atoms with van der Waals surface area (Å²) in [5.41, 5.74) is 3.70. The molecule has 6 rings (SSSR count). The van der Waals surface area contributed by atoms with Gasteiger partial charge in [-0.05, 0) is 74.1 Å². The molecular formula is C24H24ClN5S. The summed E-state index contributed by atoms with van der Waals surface area (Å²) in [6.45, 7) is 1.65. The van der Waals surface area contributed by atoms with Crippen molar-refractivity contribution in [3.63, 3.8) is 0 Å². The lowest BCUT2D eigenvalue weighted by Crippen LogP contribution is -2.17. The van der Waals surface area contributed by atoms with Gasteiger partial charge in [-0.25, -0.2) is 0 Å². The zero-order valence-electron chi connectivity index (χ0n) is 17.5. The van der Waals surface area contributed by atoms with Crippen molar-refractivity contribution in [2.75, 3.05) is 7.05 Å². The van der Waals surface area contributed by atoms with Crippen molar-refractivity contribution < 1.29 is 0 Å². The summed E-state index contributed by atoms with van der Waals surface area (Å²) in [5.74, 6) is 3.09. The van der Waals surface area contributed by atoms with Crippen molar-refractivity contribution in [1.82, 2.24) is 24.0 Å². The van der Waals surface area contributed by atoms with Gasteiger partial charge in [0.1, 0.15) is 5.82 Å². The van der Waals surface area contributed by atoms with Crippen molar-refractivity contribution >= 4 is 33.2 Å². The van der Waals surface area contributed by atoms with Gasteiger partial charge in [-0.1, -0.05) is 29.8 Å². The third-order valence-corrected chi connectivity index (χ3v) is 7.85. The molecule has 31 heavy (non-hydrogen) atoms. The SMILES string of the molecule is CN1Cc2cc(Cl)ccc2-n2c(nnc2[C@H]2CC[C@@H](c3nsc4ccccc43)CC2)C1. The first-order chi connectivity index (χ1) is 15.2. The lowest BCUT2D eigenvalue weighted by molar-refractivity contribution is 0.315. The normalized spacial score (nSPS) is 21.6. The van der Waals surface area contributed by atoms with Crippen molar-refractivity contribution in [2.24, 2.45) is 0 Å². The predicted molar refractivity (Wildman–Crippen MR) is 125 cm³/mol. The molecule has 1 aliphatic heterocycles. The van der Waals surface area contributed by atoms with E-state index in [2.05, 4.69) is 58.0 Å². The number of rotatable bonds is 2. The number of halogens is 1. The minimum absolute atomic E-state index is 0.425. The lowest BCUT2D eigenvalue weighted by atomic mass is 9.79. The largest absolute Gasteiger partial charge is 0.295 e. The van der Waals surface area contributed by atoms with Crippen molar-refractivity contribution in [3.05, 3.63) is 70.4 Å². The van der Waals surface area contributed by atoms with Crippen molar-refractivity contribution in [1.29, 1.82) is 0 Å². The molecule has 5 nitrogen and oxygen atoms in total. The standard InChI is InChI=1S/C24H24ClN5S/c1-29-13-17-12-18(25)10-11-20(17)30-22(14-29)26-27-24(30)16-8-6-15(7-9-16)23-19-4-2-3-5-21(19)31-28-23/h2-5,10-12,15-16H,6-9,13-14H2,1H3/t15-,16+. The van der Waals surface area contributed by atoms with E-state index in [1.54, 1.807) is 11.5 Å². The molecule has 7 heteroatoms. The highest BCUT2D eigenvalue weighted by Gasteiger charge is 2.31. The number of aromatic nitrogens is 4. The van der Waals surface area contributed by atoms with Crippen LogP contribution in [0.15, 0.2) is 42.5 Å². The molecule has 0 amide bonds. The first-order valence-electron chi connectivity index (χ1n) is 10.9. The molecule has 0 spiro atoms. The molecule has 3 heterocycles. The summed E-state index contributed by atoms with van der Waals surface area (Å²) in [4.78, 5) is 2.27. The van der Waals surface area contributed by atoms with Crippen LogP contribution in [0.5, 0.6) is 0 Å². The molecule has 0 bridgehead atoms. The van der Waals surface area contributed by atoms with E-state index in [1.165, 1.54) is 27.0 Å². The molecule has 2 aliphatic rings. The molecule has 0 atom stereocenters. The monoisotopic (exact) mass is 449 g/mol. The zero-order chi connectivity index (χ0) is 20.9. The minimum Gasteiger partial charge on any atom is -0.295 e. The highest BCUT2D eigenvalue weighted by Crippen LogP contribution is 2.43. The maximum Gasteiger partial charge on any atom is 0.151 e. The maximum atomic E-state index is 6.31. The Morgan fingerprint density at radius 1 is 0.968 bits per heavy atom. The summed E-state index contributed by atoms with van der Waals surface area (Å²) in [7, 11) is 2.12. The first-order valence-corrected chi connectivity index (χ1v) is 12.1. The van der Waals surface area contributed by atoms with E-state index >= 15 is 0 Å². The Balaban J connectivity index is 1.30. The van der Waals surface area contributed by atoms with E-state index in [1.807, 2.05) is 6.07 Å². The van der Waals surface area contributed by atoms with E-state index in [9.17, 15) is 0 Å². The van der Waals surface area contributed by atoms with Crippen molar-refractivity contribution in [2.45, 2.75) is 50.6 Å². The Morgan fingerprint density at radius 3 is 2.65 bits per heavy atom. The fourth-order valence-corrected chi connectivity index (χ4v) is 6.32. The van der Waals surface area contributed by atoms with Crippen LogP contribution in [0.1, 0.15) is 60.4 Å². The molecule has 0 radical (unpaired) electrons. The molecule has 1 saturated carbocycles. The topological polar surface area (TPSA) is 46.8 Å². The summed E-state index contributed by atoms with van der Waals surface area (Å²) < 4.78 is 8.42. The van der Waals surface area contributed by atoms with Gasteiger partial charge in [0.2, 0.25) is 0 Å². The first kappa shape index (κ1) is 19.4. The third-order valence-electron chi connectivity index (χ3n) is 6.77. The van der Waals surface area contributed by atoms with Crippen LogP contribution in [-0.4, -0.2) is 31.1 Å². The molecular weight excluding hydrogens is 426 g/mol. The lowest BCUT2D eigenvalue weighted by Gasteiger charge is -2.28. The van der Waals surface area contributed by atoms with Gasteiger partial charge in [0.15, 0.2) is 5.82 Å². The Hall–Kier alpha value is -2.28. The van der Waals surface area contributed by atoms with E-state index in [-0.39, 0.29) is 0 Å². The zero-order valence-corrected chi connectivity index (χ0v) is 19.0. The summed E-state index contributed by atoms with van der Waals surface area (Å²) >= 11 is 7.94. The Kier molecular flexibility index (Phi) is 4.82. The van der Waals surface area contributed by atoms with Gasteiger partial charge < -0.3 is 0 Å². The van der Waals surface area contributed by atoms with E-state index in [4.69, 9.17) is 21.1 Å². The van der Waals surface area contributed by atoms with Crippen LogP contribution in [-0.2, 0) is 13.1 Å². The average Bonchev–Trinajstić information content (AvgIpc) is 3.35. The molecule has 158 valence electrons. The highest BCUT2D eigenvalue weighted by atomic mass is 35.5. The second-order valence-electron chi connectivity index (χ2n) is 8.87. The number of benzene rings is 2. The average molecular weight is 450 g/mol. The molecule has 1 fully saturated rings. The fourth-order valence-electron chi connectivity index (χ4n) is 5.27. The van der Waals surface area contributed by atoms with Crippen LogP contribution in [0, 0.1) is 0 Å². The molecule has 2 aromatic heterocycles. The molecule has 0 saturated heterocycles. The van der Waals surface area contributed by atoms with E-state index in [0.717, 1.165) is 55.4 Å². The van der Waals surface area contributed by atoms with E-state index in [0.29, 0.717) is 11.8 Å². The van der Waals surface area contributed by atoms with Crippen molar-refractivity contribution in [3.8, 4) is 5.69 Å². The molecule has 2 aromatic carbocycles. The van der Waals surface area contributed by atoms with Gasteiger partial charge in [0.05, 0.1) is 22.6 Å². The van der Waals surface area contributed by atoms with Crippen LogP contribution in [0.3, 0.4) is 0 Å². The second-order valence-corrected chi connectivity index (χ2v) is 10.1. The quantitative estimate of drug-likeness (QED) is 0.381.